The Hall–Kier alpha value is -0.300. The Balaban J connectivity index is 3.77. The third kappa shape index (κ3) is 5.36. The standard InChI is InChI=1S/C11H23N/c1-5-8-12(9-6-2)10-11(4)7-3/h7H,5-6,8-10H2,1-4H3/b11-7+. The van der Waals surface area contributed by atoms with Crippen molar-refractivity contribution in [2.45, 2.75) is 40.5 Å². The molecule has 0 bridgehead atoms. The Morgan fingerprint density at radius 2 is 1.67 bits per heavy atom. The summed E-state index contributed by atoms with van der Waals surface area (Å²) in [5, 5.41) is 0. The van der Waals surface area contributed by atoms with E-state index in [0.29, 0.717) is 0 Å². The maximum atomic E-state index is 2.52. The lowest BCUT2D eigenvalue weighted by Gasteiger charge is -2.20. The molecule has 0 radical (unpaired) electrons. The normalized spacial score (nSPS) is 12.6. The molecule has 0 amide bonds. The lowest BCUT2D eigenvalue weighted by Crippen LogP contribution is -2.27. The van der Waals surface area contributed by atoms with E-state index in [1.165, 1.54) is 31.5 Å². The molecule has 0 N–H and O–H groups in total. The van der Waals surface area contributed by atoms with Crippen LogP contribution in [0.5, 0.6) is 0 Å². The van der Waals surface area contributed by atoms with Crippen LogP contribution in [-0.4, -0.2) is 24.5 Å². The highest BCUT2D eigenvalue weighted by molar-refractivity contribution is 4.98. The van der Waals surface area contributed by atoms with Crippen LogP contribution in [-0.2, 0) is 0 Å². The van der Waals surface area contributed by atoms with Crippen LogP contribution in [0, 0.1) is 0 Å². The molecule has 0 aromatic rings. The highest BCUT2D eigenvalue weighted by Crippen LogP contribution is 2.00. The molecule has 0 aliphatic heterocycles. The molecule has 0 rings (SSSR count). The second-order valence-corrected chi connectivity index (χ2v) is 3.41. The minimum atomic E-state index is 1.15. The van der Waals surface area contributed by atoms with Crippen LogP contribution < -0.4 is 0 Å². The van der Waals surface area contributed by atoms with Crippen molar-refractivity contribution in [1.29, 1.82) is 0 Å². The molecule has 0 unspecified atom stereocenters. The van der Waals surface area contributed by atoms with Crippen molar-refractivity contribution in [1.82, 2.24) is 4.90 Å². The van der Waals surface area contributed by atoms with Gasteiger partial charge in [-0.15, -0.1) is 0 Å². The molecule has 0 aliphatic rings. The first-order chi connectivity index (χ1) is 5.74. The Labute approximate surface area is 77.5 Å². The molecule has 72 valence electrons. The monoisotopic (exact) mass is 169 g/mol. The van der Waals surface area contributed by atoms with Gasteiger partial charge in [0, 0.05) is 6.54 Å². The van der Waals surface area contributed by atoms with Crippen LogP contribution in [0.15, 0.2) is 11.6 Å². The zero-order chi connectivity index (χ0) is 9.40. The van der Waals surface area contributed by atoms with Gasteiger partial charge in [0.15, 0.2) is 0 Å². The minimum Gasteiger partial charge on any atom is -0.299 e. The average Bonchev–Trinajstić information content (AvgIpc) is 2.05. The molecule has 0 fully saturated rings. The average molecular weight is 169 g/mol. The summed E-state index contributed by atoms with van der Waals surface area (Å²) < 4.78 is 0. The van der Waals surface area contributed by atoms with Gasteiger partial charge >= 0.3 is 0 Å². The van der Waals surface area contributed by atoms with Crippen molar-refractivity contribution in [3.63, 3.8) is 0 Å². The first kappa shape index (κ1) is 11.7. The maximum absolute atomic E-state index is 2.52. The molecule has 0 saturated carbocycles. The number of rotatable bonds is 6. The number of hydrogen-bond acceptors (Lipinski definition) is 1. The van der Waals surface area contributed by atoms with Crippen LogP contribution in [0.2, 0.25) is 0 Å². The SMILES string of the molecule is C/C=C(\C)CN(CCC)CCC. The molecule has 0 atom stereocenters. The van der Waals surface area contributed by atoms with Gasteiger partial charge in [0.25, 0.3) is 0 Å². The van der Waals surface area contributed by atoms with E-state index in [1.54, 1.807) is 0 Å². The van der Waals surface area contributed by atoms with E-state index in [4.69, 9.17) is 0 Å². The van der Waals surface area contributed by atoms with Gasteiger partial charge in [0.1, 0.15) is 0 Å². The Morgan fingerprint density at radius 1 is 1.17 bits per heavy atom. The van der Waals surface area contributed by atoms with Gasteiger partial charge in [0.2, 0.25) is 0 Å². The minimum absolute atomic E-state index is 1.15. The van der Waals surface area contributed by atoms with Crippen LogP contribution in [0.4, 0.5) is 0 Å². The lowest BCUT2D eigenvalue weighted by atomic mass is 10.2. The molecular formula is C11H23N. The third-order valence-electron chi connectivity index (χ3n) is 2.05. The lowest BCUT2D eigenvalue weighted by molar-refractivity contribution is 0.297. The van der Waals surface area contributed by atoms with Gasteiger partial charge in [-0.25, -0.2) is 0 Å². The molecule has 0 aromatic heterocycles. The zero-order valence-electron chi connectivity index (χ0n) is 9.06. The second-order valence-electron chi connectivity index (χ2n) is 3.41. The quantitative estimate of drug-likeness (QED) is 0.552. The fourth-order valence-corrected chi connectivity index (χ4v) is 1.35. The van der Waals surface area contributed by atoms with Crippen molar-refractivity contribution in [2.24, 2.45) is 0 Å². The highest BCUT2D eigenvalue weighted by Gasteiger charge is 2.01. The number of allylic oxidation sites excluding steroid dienone is 1. The van der Waals surface area contributed by atoms with Crippen molar-refractivity contribution < 1.29 is 0 Å². The van der Waals surface area contributed by atoms with E-state index in [-0.39, 0.29) is 0 Å². The first-order valence-corrected chi connectivity index (χ1v) is 5.08. The Bertz CT molecular complexity index is 121. The summed E-state index contributed by atoms with van der Waals surface area (Å²) in [6.45, 7) is 12.4. The first-order valence-electron chi connectivity index (χ1n) is 5.08. The van der Waals surface area contributed by atoms with Crippen molar-refractivity contribution in [3.8, 4) is 0 Å². The van der Waals surface area contributed by atoms with Gasteiger partial charge in [-0.2, -0.15) is 0 Å². The van der Waals surface area contributed by atoms with Gasteiger partial charge < -0.3 is 0 Å². The largest absolute Gasteiger partial charge is 0.299 e. The number of nitrogens with zero attached hydrogens (tertiary/aromatic N) is 1. The molecule has 0 saturated heterocycles. The summed E-state index contributed by atoms with van der Waals surface area (Å²) in [6, 6.07) is 0. The predicted molar refractivity (Wildman–Crippen MR) is 56.5 cm³/mol. The summed E-state index contributed by atoms with van der Waals surface area (Å²) >= 11 is 0. The molecular weight excluding hydrogens is 146 g/mol. The summed E-state index contributed by atoms with van der Waals surface area (Å²) in [5.41, 5.74) is 1.48. The van der Waals surface area contributed by atoms with Crippen molar-refractivity contribution >= 4 is 0 Å². The van der Waals surface area contributed by atoms with E-state index in [1.807, 2.05) is 0 Å². The Morgan fingerprint density at radius 3 is 2.00 bits per heavy atom. The van der Waals surface area contributed by atoms with E-state index in [2.05, 4.69) is 38.7 Å². The van der Waals surface area contributed by atoms with E-state index >= 15 is 0 Å². The van der Waals surface area contributed by atoms with Gasteiger partial charge in [-0.1, -0.05) is 25.5 Å². The molecule has 0 spiro atoms. The summed E-state index contributed by atoms with van der Waals surface area (Å²) in [6.07, 6.45) is 4.73. The molecule has 0 aliphatic carbocycles. The Kier molecular flexibility index (Phi) is 7.17. The van der Waals surface area contributed by atoms with E-state index in [0.717, 1.165) is 6.54 Å². The van der Waals surface area contributed by atoms with Crippen LogP contribution in [0.1, 0.15) is 40.5 Å². The molecule has 1 heteroatoms. The van der Waals surface area contributed by atoms with E-state index in [9.17, 15) is 0 Å². The van der Waals surface area contributed by atoms with Crippen LogP contribution >= 0.6 is 0 Å². The molecule has 12 heavy (non-hydrogen) atoms. The van der Waals surface area contributed by atoms with Gasteiger partial charge in [-0.3, -0.25) is 4.90 Å². The zero-order valence-corrected chi connectivity index (χ0v) is 9.06. The van der Waals surface area contributed by atoms with Crippen LogP contribution in [0.25, 0.3) is 0 Å². The summed E-state index contributed by atoms with van der Waals surface area (Å²) in [4.78, 5) is 2.52. The molecule has 0 heterocycles. The maximum Gasteiger partial charge on any atom is 0.0189 e. The van der Waals surface area contributed by atoms with Crippen molar-refractivity contribution in [2.75, 3.05) is 19.6 Å². The summed E-state index contributed by atoms with van der Waals surface area (Å²) in [7, 11) is 0. The fraction of sp³-hybridized carbons (Fsp3) is 0.818. The highest BCUT2D eigenvalue weighted by atomic mass is 15.1. The second kappa shape index (κ2) is 7.35. The molecule has 1 nitrogen and oxygen atoms in total. The molecule has 0 aromatic carbocycles. The van der Waals surface area contributed by atoms with Crippen LogP contribution in [0.3, 0.4) is 0 Å². The number of hydrogen-bond donors (Lipinski definition) is 0. The van der Waals surface area contributed by atoms with Crippen molar-refractivity contribution in [3.05, 3.63) is 11.6 Å². The van der Waals surface area contributed by atoms with Gasteiger partial charge in [0.05, 0.1) is 0 Å². The summed E-state index contributed by atoms with van der Waals surface area (Å²) in [5.74, 6) is 0. The smallest absolute Gasteiger partial charge is 0.0189 e. The predicted octanol–water partition coefficient (Wildman–Crippen LogP) is 3.07. The fourth-order valence-electron chi connectivity index (χ4n) is 1.35. The third-order valence-corrected chi connectivity index (χ3v) is 2.05. The van der Waals surface area contributed by atoms with E-state index < -0.39 is 0 Å². The van der Waals surface area contributed by atoms with Gasteiger partial charge in [-0.05, 0) is 39.8 Å². The topological polar surface area (TPSA) is 3.24 Å².